The van der Waals surface area contributed by atoms with Crippen molar-refractivity contribution in [2.45, 2.75) is 13.8 Å². The Balaban J connectivity index is 1.97. The van der Waals surface area contributed by atoms with Gasteiger partial charge >= 0.3 is 0 Å². The standard InChI is InChI=1S/C15H14ClFN6/c1-8-5-9(2)23(22-8)15-20-13(18)7-14(21-15)19-10-3-4-12(17)11(16)6-10/h3-7H,1-2H3,(H3,18,19,20,21). The molecule has 3 aromatic rings. The minimum atomic E-state index is -0.484. The van der Waals surface area contributed by atoms with Gasteiger partial charge < -0.3 is 11.1 Å². The number of benzene rings is 1. The van der Waals surface area contributed by atoms with Crippen molar-refractivity contribution in [2.75, 3.05) is 11.1 Å². The molecule has 3 N–H and O–H groups in total. The maximum atomic E-state index is 13.2. The second kappa shape index (κ2) is 5.85. The lowest BCUT2D eigenvalue weighted by atomic mass is 10.3. The van der Waals surface area contributed by atoms with Crippen molar-refractivity contribution >= 4 is 28.9 Å². The highest BCUT2D eigenvalue weighted by Gasteiger charge is 2.10. The van der Waals surface area contributed by atoms with E-state index in [4.69, 9.17) is 17.3 Å². The molecule has 0 fully saturated rings. The van der Waals surface area contributed by atoms with Crippen LogP contribution in [0.4, 0.5) is 21.7 Å². The van der Waals surface area contributed by atoms with Gasteiger partial charge in [-0.2, -0.15) is 15.1 Å². The molecule has 0 spiro atoms. The van der Waals surface area contributed by atoms with Crippen molar-refractivity contribution in [2.24, 2.45) is 0 Å². The SMILES string of the molecule is Cc1cc(C)n(-c2nc(N)cc(Nc3ccc(F)c(Cl)c3)n2)n1. The van der Waals surface area contributed by atoms with Crippen LogP contribution in [0.5, 0.6) is 0 Å². The maximum absolute atomic E-state index is 13.2. The summed E-state index contributed by atoms with van der Waals surface area (Å²) < 4.78 is 14.8. The van der Waals surface area contributed by atoms with Gasteiger partial charge in [-0.1, -0.05) is 11.6 Å². The molecule has 0 bridgehead atoms. The van der Waals surface area contributed by atoms with Gasteiger partial charge in [0.15, 0.2) is 0 Å². The molecule has 0 atom stereocenters. The van der Waals surface area contributed by atoms with Gasteiger partial charge in [0, 0.05) is 17.4 Å². The third-order valence-electron chi connectivity index (χ3n) is 3.13. The zero-order valence-corrected chi connectivity index (χ0v) is 13.3. The summed E-state index contributed by atoms with van der Waals surface area (Å²) in [7, 11) is 0. The van der Waals surface area contributed by atoms with Crippen LogP contribution < -0.4 is 11.1 Å². The molecule has 0 saturated heterocycles. The summed E-state index contributed by atoms with van der Waals surface area (Å²) in [6.07, 6.45) is 0. The van der Waals surface area contributed by atoms with Gasteiger partial charge in [0.05, 0.1) is 10.7 Å². The van der Waals surface area contributed by atoms with Gasteiger partial charge in [-0.15, -0.1) is 0 Å². The van der Waals surface area contributed by atoms with Crippen LogP contribution in [0.3, 0.4) is 0 Å². The lowest BCUT2D eigenvalue weighted by Crippen LogP contribution is -2.09. The van der Waals surface area contributed by atoms with E-state index in [1.165, 1.54) is 12.1 Å². The van der Waals surface area contributed by atoms with Gasteiger partial charge in [0.1, 0.15) is 17.5 Å². The molecule has 6 nitrogen and oxygen atoms in total. The molecule has 1 aromatic carbocycles. The first-order chi connectivity index (χ1) is 10.9. The molecule has 3 rings (SSSR count). The fourth-order valence-electron chi connectivity index (χ4n) is 2.16. The Labute approximate surface area is 137 Å². The highest BCUT2D eigenvalue weighted by Crippen LogP contribution is 2.23. The molecule has 2 heterocycles. The van der Waals surface area contributed by atoms with Crippen LogP contribution in [0.1, 0.15) is 11.4 Å². The predicted octanol–water partition coefficient (Wildman–Crippen LogP) is 3.40. The molecule has 0 aliphatic heterocycles. The minimum absolute atomic E-state index is 0.0239. The van der Waals surface area contributed by atoms with E-state index >= 15 is 0 Å². The van der Waals surface area contributed by atoms with Crippen molar-refractivity contribution in [1.82, 2.24) is 19.7 Å². The maximum Gasteiger partial charge on any atom is 0.254 e. The molecule has 0 aliphatic rings. The number of nitrogens with one attached hydrogen (secondary N) is 1. The van der Waals surface area contributed by atoms with E-state index in [9.17, 15) is 4.39 Å². The quantitative estimate of drug-likeness (QED) is 0.768. The first-order valence-electron chi connectivity index (χ1n) is 6.82. The topological polar surface area (TPSA) is 81.7 Å². The van der Waals surface area contributed by atoms with E-state index in [1.54, 1.807) is 16.8 Å². The molecular weight excluding hydrogens is 319 g/mol. The van der Waals surface area contributed by atoms with Gasteiger partial charge in [-0.05, 0) is 38.1 Å². The average Bonchev–Trinajstić information content (AvgIpc) is 2.81. The van der Waals surface area contributed by atoms with E-state index in [1.807, 2.05) is 19.9 Å². The number of nitrogens with two attached hydrogens (primary N) is 1. The van der Waals surface area contributed by atoms with Crippen LogP contribution in [0.15, 0.2) is 30.3 Å². The fraction of sp³-hybridized carbons (Fsp3) is 0.133. The van der Waals surface area contributed by atoms with Crippen LogP contribution in [-0.4, -0.2) is 19.7 Å². The first kappa shape index (κ1) is 15.2. The van der Waals surface area contributed by atoms with Gasteiger partial charge in [0.2, 0.25) is 0 Å². The number of nitrogen functional groups attached to an aromatic ring is 1. The molecule has 0 aliphatic carbocycles. The van der Waals surface area contributed by atoms with Crippen LogP contribution in [0.2, 0.25) is 5.02 Å². The number of nitrogens with zero attached hydrogens (tertiary/aromatic N) is 4. The number of halogens is 2. The monoisotopic (exact) mass is 332 g/mol. The van der Waals surface area contributed by atoms with Gasteiger partial charge in [-0.25, -0.2) is 9.07 Å². The Hall–Kier alpha value is -2.67. The second-order valence-corrected chi connectivity index (χ2v) is 5.48. The van der Waals surface area contributed by atoms with Gasteiger partial charge in [0.25, 0.3) is 5.95 Å². The molecule has 23 heavy (non-hydrogen) atoms. The molecule has 2 aromatic heterocycles. The van der Waals surface area contributed by atoms with E-state index in [0.717, 1.165) is 11.4 Å². The fourth-order valence-corrected chi connectivity index (χ4v) is 2.35. The van der Waals surface area contributed by atoms with E-state index in [2.05, 4.69) is 20.4 Å². The molecule has 118 valence electrons. The summed E-state index contributed by atoms with van der Waals surface area (Å²) in [5.41, 5.74) is 8.18. The largest absolute Gasteiger partial charge is 0.383 e. The summed E-state index contributed by atoms with van der Waals surface area (Å²) in [5, 5.41) is 7.38. The number of rotatable bonds is 3. The van der Waals surface area contributed by atoms with Crippen LogP contribution in [-0.2, 0) is 0 Å². The zero-order valence-electron chi connectivity index (χ0n) is 12.5. The third-order valence-corrected chi connectivity index (χ3v) is 3.41. The summed E-state index contributed by atoms with van der Waals surface area (Å²) in [6, 6.07) is 7.80. The molecule has 0 amide bonds. The van der Waals surface area contributed by atoms with Crippen molar-refractivity contribution in [3.63, 3.8) is 0 Å². The average molecular weight is 333 g/mol. The van der Waals surface area contributed by atoms with Crippen molar-refractivity contribution in [3.05, 3.63) is 52.6 Å². The normalized spacial score (nSPS) is 10.8. The smallest absolute Gasteiger partial charge is 0.254 e. The summed E-state index contributed by atoms with van der Waals surface area (Å²) in [4.78, 5) is 8.58. The number of aromatic nitrogens is 4. The Morgan fingerprint density at radius 3 is 2.61 bits per heavy atom. The zero-order chi connectivity index (χ0) is 16.6. The number of anilines is 3. The number of aryl methyl sites for hydroxylation is 2. The molecule has 0 saturated carbocycles. The summed E-state index contributed by atoms with van der Waals surface area (Å²) in [5.74, 6) is 0.620. The summed E-state index contributed by atoms with van der Waals surface area (Å²) >= 11 is 5.78. The third kappa shape index (κ3) is 3.24. The first-order valence-corrected chi connectivity index (χ1v) is 7.20. The van der Waals surface area contributed by atoms with E-state index in [-0.39, 0.29) is 5.02 Å². The predicted molar refractivity (Wildman–Crippen MR) is 87.7 cm³/mol. The Morgan fingerprint density at radius 2 is 1.96 bits per heavy atom. The second-order valence-electron chi connectivity index (χ2n) is 5.07. The lowest BCUT2D eigenvalue weighted by molar-refractivity contribution is 0.628. The van der Waals surface area contributed by atoms with Crippen LogP contribution >= 0.6 is 11.6 Å². The van der Waals surface area contributed by atoms with Crippen molar-refractivity contribution < 1.29 is 4.39 Å². The van der Waals surface area contributed by atoms with Crippen molar-refractivity contribution in [3.8, 4) is 5.95 Å². The van der Waals surface area contributed by atoms with E-state index in [0.29, 0.717) is 23.3 Å². The number of hydrogen-bond donors (Lipinski definition) is 2. The molecule has 0 radical (unpaired) electrons. The Kier molecular flexibility index (Phi) is 3.87. The molecule has 8 heteroatoms. The molecular formula is C15H14ClFN6. The van der Waals surface area contributed by atoms with Crippen molar-refractivity contribution in [1.29, 1.82) is 0 Å². The van der Waals surface area contributed by atoms with Gasteiger partial charge in [-0.3, -0.25) is 0 Å². The number of hydrogen-bond acceptors (Lipinski definition) is 5. The van der Waals surface area contributed by atoms with Crippen LogP contribution in [0.25, 0.3) is 5.95 Å². The summed E-state index contributed by atoms with van der Waals surface area (Å²) in [6.45, 7) is 3.79. The van der Waals surface area contributed by atoms with E-state index < -0.39 is 5.82 Å². The molecule has 0 unspecified atom stereocenters. The highest BCUT2D eigenvalue weighted by atomic mass is 35.5. The minimum Gasteiger partial charge on any atom is -0.383 e. The highest BCUT2D eigenvalue weighted by molar-refractivity contribution is 6.31. The van der Waals surface area contributed by atoms with Crippen LogP contribution in [0, 0.1) is 19.7 Å². The lowest BCUT2D eigenvalue weighted by Gasteiger charge is -2.09. The Morgan fingerprint density at radius 1 is 1.17 bits per heavy atom. The Bertz CT molecular complexity index is 876.